The van der Waals surface area contributed by atoms with Crippen LogP contribution in [0.15, 0.2) is 12.1 Å². The van der Waals surface area contributed by atoms with Gasteiger partial charge in [0.25, 0.3) is 5.91 Å². The van der Waals surface area contributed by atoms with Gasteiger partial charge in [-0.05, 0) is 25.5 Å². The Balaban J connectivity index is 2.18. The van der Waals surface area contributed by atoms with Crippen LogP contribution >= 0.6 is 0 Å². The van der Waals surface area contributed by atoms with Gasteiger partial charge in [0, 0.05) is 31.9 Å². The van der Waals surface area contributed by atoms with Crippen LogP contribution in [0.3, 0.4) is 0 Å². The summed E-state index contributed by atoms with van der Waals surface area (Å²) in [4.78, 5) is 13.9. The van der Waals surface area contributed by atoms with Crippen LogP contribution in [0.4, 0.5) is 0 Å². The Morgan fingerprint density at radius 3 is 2.73 bits per heavy atom. The van der Waals surface area contributed by atoms with Crippen molar-refractivity contribution in [1.82, 2.24) is 9.47 Å². The summed E-state index contributed by atoms with van der Waals surface area (Å²) < 4.78 is 1.92. The van der Waals surface area contributed by atoms with Gasteiger partial charge in [0.1, 0.15) is 5.69 Å². The van der Waals surface area contributed by atoms with Gasteiger partial charge < -0.3 is 15.2 Å². The minimum Gasteiger partial charge on any atom is -0.344 e. The number of likely N-dealkylation sites (tertiary alicyclic amines) is 1. The van der Waals surface area contributed by atoms with E-state index in [1.807, 2.05) is 35.6 Å². The second-order valence-corrected chi connectivity index (χ2v) is 4.22. The van der Waals surface area contributed by atoms with Crippen molar-refractivity contribution in [3.05, 3.63) is 23.5 Å². The van der Waals surface area contributed by atoms with Crippen molar-refractivity contribution >= 4 is 5.91 Å². The predicted molar refractivity (Wildman–Crippen MR) is 58.6 cm³/mol. The third kappa shape index (κ3) is 1.77. The lowest BCUT2D eigenvalue weighted by Crippen LogP contribution is -2.32. The number of amides is 1. The third-order valence-electron chi connectivity index (χ3n) is 3.10. The minimum absolute atomic E-state index is 0.0959. The molecule has 4 heteroatoms. The van der Waals surface area contributed by atoms with Crippen molar-refractivity contribution in [1.29, 1.82) is 0 Å². The first-order chi connectivity index (χ1) is 7.09. The molecule has 15 heavy (non-hydrogen) atoms. The lowest BCUT2D eigenvalue weighted by molar-refractivity contribution is 0.0781. The van der Waals surface area contributed by atoms with Crippen LogP contribution in [0.5, 0.6) is 0 Å². The molecule has 1 aromatic heterocycles. The molecule has 0 saturated carbocycles. The molecular weight excluding hydrogens is 190 g/mol. The summed E-state index contributed by atoms with van der Waals surface area (Å²) in [6.07, 6.45) is 0.912. The van der Waals surface area contributed by atoms with Gasteiger partial charge in [-0.1, -0.05) is 0 Å². The van der Waals surface area contributed by atoms with Gasteiger partial charge >= 0.3 is 0 Å². The average molecular weight is 207 g/mol. The van der Waals surface area contributed by atoms with Crippen LogP contribution in [-0.4, -0.2) is 34.5 Å². The SMILES string of the molecule is Cc1ccc(C(=O)N2CC[C@H](N)C2)n1C. The highest BCUT2D eigenvalue weighted by Crippen LogP contribution is 2.14. The molecule has 1 saturated heterocycles. The monoisotopic (exact) mass is 207 g/mol. The number of carbonyl (C=O) groups excluding carboxylic acids is 1. The van der Waals surface area contributed by atoms with E-state index in [1.165, 1.54) is 0 Å². The largest absolute Gasteiger partial charge is 0.344 e. The van der Waals surface area contributed by atoms with Gasteiger partial charge in [0.05, 0.1) is 0 Å². The van der Waals surface area contributed by atoms with Crippen LogP contribution in [0.1, 0.15) is 22.6 Å². The van der Waals surface area contributed by atoms with E-state index < -0.39 is 0 Å². The maximum absolute atomic E-state index is 12.1. The average Bonchev–Trinajstić information content (AvgIpc) is 2.75. The van der Waals surface area contributed by atoms with Crippen LogP contribution < -0.4 is 5.73 Å². The Morgan fingerprint density at radius 2 is 2.27 bits per heavy atom. The van der Waals surface area contributed by atoms with Crippen LogP contribution in [-0.2, 0) is 7.05 Å². The molecule has 82 valence electrons. The van der Waals surface area contributed by atoms with Crippen molar-refractivity contribution in [3.63, 3.8) is 0 Å². The second-order valence-electron chi connectivity index (χ2n) is 4.22. The topological polar surface area (TPSA) is 51.3 Å². The molecule has 4 nitrogen and oxygen atoms in total. The van der Waals surface area contributed by atoms with Gasteiger partial charge in [-0.2, -0.15) is 0 Å². The lowest BCUT2D eigenvalue weighted by atomic mass is 10.3. The third-order valence-corrected chi connectivity index (χ3v) is 3.10. The fourth-order valence-corrected chi connectivity index (χ4v) is 1.96. The van der Waals surface area contributed by atoms with Crippen molar-refractivity contribution in [2.24, 2.45) is 12.8 Å². The molecule has 0 radical (unpaired) electrons. The molecule has 0 spiro atoms. The summed E-state index contributed by atoms with van der Waals surface area (Å²) in [6.45, 7) is 3.46. The quantitative estimate of drug-likeness (QED) is 0.729. The summed E-state index contributed by atoms with van der Waals surface area (Å²) in [6, 6.07) is 3.99. The normalized spacial score (nSPS) is 21.0. The first-order valence-electron chi connectivity index (χ1n) is 5.27. The Hall–Kier alpha value is -1.29. The zero-order valence-electron chi connectivity index (χ0n) is 9.23. The Morgan fingerprint density at radius 1 is 1.53 bits per heavy atom. The number of aryl methyl sites for hydroxylation is 1. The maximum Gasteiger partial charge on any atom is 0.270 e. The van der Waals surface area contributed by atoms with Gasteiger partial charge in [-0.15, -0.1) is 0 Å². The van der Waals surface area contributed by atoms with Gasteiger partial charge in [-0.3, -0.25) is 4.79 Å². The first-order valence-corrected chi connectivity index (χ1v) is 5.27. The summed E-state index contributed by atoms with van der Waals surface area (Å²) >= 11 is 0. The van der Waals surface area contributed by atoms with Crippen molar-refractivity contribution < 1.29 is 4.79 Å². The van der Waals surface area contributed by atoms with E-state index in [4.69, 9.17) is 5.73 Å². The van der Waals surface area contributed by atoms with E-state index in [0.29, 0.717) is 6.54 Å². The standard InChI is InChI=1S/C11H17N3O/c1-8-3-4-10(13(8)2)11(15)14-6-5-9(12)7-14/h3-4,9H,5-7,12H2,1-2H3/t9-/m0/s1. The van der Waals surface area contributed by atoms with Crippen molar-refractivity contribution in [2.45, 2.75) is 19.4 Å². The summed E-state index contributed by atoms with van der Waals surface area (Å²) in [5.74, 6) is 0.0959. The number of nitrogens with zero attached hydrogens (tertiary/aromatic N) is 2. The Labute approximate surface area is 89.7 Å². The molecule has 2 N–H and O–H groups in total. The smallest absolute Gasteiger partial charge is 0.270 e. The van der Waals surface area contributed by atoms with Crippen molar-refractivity contribution in [3.8, 4) is 0 Å². The Bertz CT molecular complexity index is 383. The van der Waals surface area contributed by atoms with Crippen molar-refractivity contribution in [2.75, 3.05) is 13.1 Å². The number of aromatic nitrogens is 1. The molecule has 1 atom stereocenters. The van der Waals surface area contributed by atoms with Gasteiger partial charge in [-0.25, -0.2) is 0 Å². The van der Waals surface area contributed by atoms with E-state index in [0.717, 1.165) is 24.4 Å². The molecule has 2 rings (SSSR count). The van der Waals surface area contributed by atoms with Crippen LogP contribution in [0.2, 0.25) is 0 Å². The van der Waals surface area contributed by atoms with Gasteiger partial charge in [0.15, 0.2) is 0 Å². The number of nitrogens with two attached hydrogens (primary N) is 1. The summed E-state index contributed by atoms with van der Waals surface area (Å²) in [7, 11) is 1.92. The van der Waals surface area contributed by atoms with Gasteiger partial charge in [0.2, 0.25) is 0 Å². The fraction of sp³-hybridized carbons (Fsp3) is 0.545. The zero-order valence-corrected chi connectivity index (χ0v) is 9.23. The maximum atomic E-state index is 12.1. The van der Waals surface area contributed by atoms with E-state index in [9.17, 15) is 4.79 Å². The molecular formula is C11H17N3O. The summed E-state index contributed by atoms with van der Waals surface area (Å²) in [5.41, 5.74) is 7.63. The first kappa shape index (κ1) is 10.2. The molecule has 0 aromatic carbocycles. The molecule has 1 aliphatic rings. The van der Waals surface area contributed by atoms with E-state index >= 15 is 0 Å². The molecule has 0 bridgehead atoms. The minimum atomic E-state index is 0.0959. The molecule has 1 amide bonds. The van der Waals surface area contributed by atoms with E-state index in [-0.39, 0.29) is 11.9 Å². The molecule has 0 unspecified atom stereocenters. The second kappa shape index (κ2) is 3.70. The molecule has 1 aromatic rings. The van der Waals surface area contributed by atoms with E-state index in [2.05, 4.69) is 0 Å². The predicted octanol–water partition coefficient (Wildman–Crippen LogP) is 0.507. The molecule has 1 fully saturated rings. The number of hydrogen-bond donors (Lipinski definition) is 1. The van der Waals surface area contributed by atoms with Crippen LogP contribution in [0, 0.1) is 6.92 Å². The van der Waals surface area contributed by atoms with E-state index in [1.54, 1.807) is 0 Å². The molecule has 1 aliphatic heterocycles. The van der Waals surface area contributed by atoms with Crippen LogP contribution in [0.25, 0.3) is 0 Å². The summed E-state index contributed by atoms with van der Waals surface area (Å²) in [5, 5.41) is 0. The fourth-order valence-electron chi connectivity index (χ4n) is 1.96. The lowest BCUT2D eigenvalue weighted by Gasteiger charge is -2.16. The number of carbonyl (C=O) groups is 1. The molecule has 0 aliphatic carbocycles. The zero-order chi connectivity index (χ0) is 11.0. The highest BCUT2D eigenvalue weighted by molar-refractivity contribution is 5.93. The number of hydrogen-bond acceptors (Lipinski definition) is 2. The highest BCUT2D eigenvalue weighted by Gasteiger charge is 2.25. The Kier molecular flexibility index (Phi) is 2.52. The molecule has 2 heterocycles. The number of rotatable bonds is 1. The highest BCUT2D eigenvalue weighted by atomic mass is 16.2.